The Bertz CT molecular complexity index is 114. The fourth-order valence-corrected chi connectivity index (χ4v) is 0.938. The third-order valence-electron chi connectivity index (χ3n) is 1.45. The Balaban J connectivity index is 2.35. The fraction of sp³-hybridized carbons (Fsp3) is 0.667. The van der Waals surface area contributed by atoms with Gasteiger partial charge in [-0.1, -0.05) is 0 Å². The van der Waals surface area contributed by atoms with Crippen molar-refractivity contribution in [2.75, 3.05) is 13.1 Å². The zero-order valence-electron chi connectivity index (χ0n) is 4.80. The fourth-order valence-electron chi connectivity index (χ4n) is 0.938. The van der Waals surface area contributed by atoms with Crippen LogP contribution in [0.5, 0.6) is 0 Å². The highest BCUT2D eigenvalue weighted by atomic mass is 15.1. The van der Waals surface area contributed by atoms with Gasteiger partial charge in [0.2, 0.25) is 0 Å². The second-order valence-electron chi connectivity index (χ2n) is 2.19. The summed E-state index contributed by atoms with van der Waals surface area (Å²) in [4.78, 5) is 1.94. The van der Waals surface area contributed by atoms with Crippen LogP contribution in [-0.2, 0) is 0 Å². The molecule has 0 aromatic rings. The number of nitrogens with zero attached hydrogens (tertiary/aromatic N) is 2. The monoisotopic (exact) mass is 109 g/mol. The predicted octanol–water partition coefficient (Wildman–Crippen LogP) is 0.623. The third-order valence-corrected chi connectivity index (χ3v) is 1.45. The molecule has 0 aliphatic carbocycles. The first-order chi connectivity index (χ1) is 3.83. The van der Waals surface area contributed by atoms with Crippen molar-refractivity contribution in [2.45, 2.75) is 6.42 Å². The van der Waals surface area contributed by atoms with Gasteiger partial charge in [0.05, 0.1) is 12.0 Å². The zero-order valence-corrected chi connectivity index (χ0v) is 4.80. The van der Waals surface area contributed by atoms with E-state index in [0.717, 1.165) is 19.5 Å². The van der Waals surface area contributed by atoms with Gasteiger partial charge in [0.15, 0.2) is 0 Å². The van der Waals surface area contributed by atoms with Crippen LogP contribution in [0.15, 0.2) is 0 Å². The minimum Gasteiger partial charge on any atom is -0.301 e. The van der Waals surface area contributed by atoms with Gasteiger partial charge in [-0.3, -0.25) is 0 Å². The second-order valence-corrected chi connectivity index (χ2v) is 2.19. The van der Waals surface area contributed by atoms with Crippen molar-refractivity contribution < 1.29 is 0 Å². The molecule has 1 heterocycles. The number of hydrogen-bond donors (Lipinski definition) is 0. The largest absolute Gasteiger partial charge is 0.301 e. The van der Waals surface area contributed by atoms with E-state index in [4.69, 9.17) is 5.26 Å². The molecule has 2 nitrogen and oxygen atoms in total. The van der Waals surface area contributed by atoms with E-state index in [2.05, 4.69) is 13.1 Å². The van der Waals surface area contributed by atoms with Crippen LogP contribution in [0.25, 0.3) is 0 Å². The molecule has 1 aliphatic heterocycles. The molecule has 0 N–H and O–H groups in total. The molecule has 0 saturated carbocycles. The summed E-state index contributed by atoms with van der Waals surface area (Å²) in [6.45, 7) is 1.84. The van der Waals surface area contributed by atoms with Crippen molar-refractivity contribution in [3.63, 3.8) is 0 Å². The molecular weight excluding hydrogens is 100 g/mol. The van der Waals surface area contributed by atoms with E-state index < -0.39 is 0 Å². The first-order valence-corrected chi connectivity index (χ1v) is 2.78. The van der Waals surface area contributed by atoms with Crippen molar-refractivity contribution in [3.8, 4) is 6.07 Å². The molecule has 0 bridgehead atoms. The van der Waals surface area contributed by atoms with Gasteiger partial charge in [-0.2, -0.15) is 5.26 Å². The van der Waals surface area contributed by atoms with E-state index in [9.17, 15) is 0 Å². The Hall–Kier alpha value is -0.550. The van der Waals surface area contributed by atoms with Crippen LogP contribution in [0.1, 0.15) is 6.42 Å². The molecule has 1 fully saturated rings. The summed E-state index contributed by atoms with van der Waals surface area (Å²) < 4.78 is 0. The average molecular weight is 109 g/mol. The Labute approximate surface area is 49.7 Å². The molecule has 1 atom stereocenters. The van der Waals surface area contributed by atoms with E-state index in [1.807, 2.05) is 4.90 Å². The van der Waals surface area contributed by atoms with E-state index in [1.54, 1.807) is 0 Å². The van der Waals surface area contributed by atoms with Crippen molar-refractivity contribution in [2.24, 2.45) is 5.92 Å². The lowest BCUT2D eigenvalue weighted by Crippen LogP contribution is -2.10. The molecule has 1 unspecified atom stereocenters. The molecule has 0 aromatic heterocycles. The smallest absolute Gasteiger partial charge is 0.0669 e. The highest BCUT2D eigenvalue weighted by Gasteiger charge is 2.17. The van der Waals surface area contributed by atoms with E-state index in [0.29, 0.717) is 0 Å². The lowest BCUT2D eigenvalue weighted by molar-refractivity contribution is 0.452. The quantitative estimate of drug-likeness (QED) is 0.456. The van der Waals surface area contributed by atoms with Crippen molar-refractivity contribution in [1.29, 1.82) is 5.26 Å². The van der Waals surface area contributed by atoms with Crippen LogP contribution in [-0.4, -0.2) is 18.0 Å². The minimum atomic E-state index is 0.243. The number of hydrogen-bond acceptors (Lipinski definition) is 2. The van der Waals surface area contributed by atoms with Gasteiger partial charge in [0.25, 0.3) is 0 Å². The molecular formula is C6H9N2. The van der Waals surface area contributed by atoms with Crippen LogP contribution >= 0.6 is 0 Å². The maximum atomic E-state index is 8.38. The lowest BCUT2D eigenvalue weighted by Gasteiger charge is -2.01. The van der Waals surface area contributed by atoms with Gasteiger partial charge < -0.3 is 4.90 Å². The normalized spacial score (nSPS) is 30.2. The predicted molar refractivity (Wildman–Crippen MR) is 30.6 cm³/mol. The topological polar surface area (TPSA) is 27.0 Å². The minimum absolute atomic E-state index is 0.243. The Morgan fingerprint density at radius 3 is 2.75 bits per heavy atom. The molecule has 8 heavy (non-hydrogen) atoms. The zero-order chi connectivity index (χ0) is 5.98. The first kappa shape index (κ1) is 5.58. The van der Waals surface area contributed by atoms with Crippen molar-refractivity contribution in [1.82, 2.24) is 4.90 Å². The van der Waals surface area contributed by atoms with Crippen LogP contribution in [0.4, 0.5) is 0 Å². The molecule has 2 heteroatoms. The number of nitriles is 1. The van der Waals surface area contributed by atoms with Crippen molar-refractivity contribution >= 4 is 0 Å². The SMILES string of the molecule is [CH2]N1CCC(C#N)C1. The average Bonchev–Trinajstić information content (AvgIpc) is 2.14. The summed E-state index contributed by atoms with van der Waals surface area (Å²) in [5.41, 5.74) is 0. The molecule has 1 rings (SSSR count). The molecule has 1 radical (unpaired) electrons. The molecule has 0 spiro atoms. The van der Waals surface area contributed by atoms with Gasteiger partial charge in [0.1, 0.15) is 0 Å². The van der Waals surface area contributed by atoms with Gasteiger partial charge in [-0.25, -0.2) is 0 Å². The Morgan fingerprint density at radius 2 is 2.50 bits per heavy atom. The third kappa shape index (κ3) is 0.988. The van der Waals surface area contributed by atoms with Crippen LogP contribution in [0.3, 0.4) is 0 Å². The van der Waals surface area contributed by atoms with Gasteiger partial charge >= 0.3 is 0 Å². The summed E-state index contributed by atoms with van der Waals surface area (Å²) in [7, 11) is 3.72. The van der Waals surface area contributed by atoms with Gasteiger partial charge in [0, 0.05) is 13.6 Å². The highest BCUT2D eigenvalue weighted by Crippen LogP contribution is 2.12. The Kier molecular flexibility index (Phi) is 1.50. The van der Waals surface area contributed by atoms with Gasteiger partial charge in [-0.05, 0) is 13.0 Å². The molecule has 43 valence electrons. The maximum Gasteiger partial charge on any atom is 0.0669 e. The summed E-state index contributed by atoms with van der Waals surface area (Å²) in [5.74, 6) is 0.243. The summed E-state index contributed by atoms with van der Waals surface area (Å²) in [6, 6.07) is 2.21. The highest BCUT2D eigenvalue weighted by molar-refractivity contribution is 4.90. The summed E-state index contributed by atoms with van der Waals surface area (Å²) in [6.07, 6.45) is 1.00. The van der Waals surface area contributed by atoms with Crippen LogP contribution in [0.2, 0.25) is 0 Å². The summed E-state index contributed by atoms with van der Waals surface area (Å²) in [5, 5.41) is 8.38. The molecule has 1 aliphatic rings. The second kappa shape index (κ2) is 2.15. The first-order valence-electron chi connectivity index (χ1n) is 2.78. The van der Waals surface area contributed by atoms with Crippen LogP contribution in [0, 0.1) is 24.3 Å². The van der Waals surface area contributed by atoms with E-state index >= 15 is 0 Å². The van der Waals surface area contributed by atoms with Crippen LogP contribution < -0.4 is 0 Å². The molecule has 0 amide bonds. The number of likely N-dealkylation sites (tertiary alicyclic amines) is 1. The summed E-state index contributed by atoms with van der Waals surface area (Å²) >= 11 is 0. The van der Waals surface area contributed by atoms with E-state index in [1.165, 1.54) is 0 Å². The van der Waals surface area contributed by atoms with Gasteiger partial charge in [-0.15, -0.1) is 0 Å². The van der Waals surface area contributed by atoms with E-state index in [-0.39, 0.29) is 5.92 Å². The molecule has 1 saturated heterocycles. The maximum absolute atomic E-state index is 8.38. The Morgan fingerprint density at radius 1 is 1.75 bits per heavy atom. The lowest BCUT2D eigenvalue weighted by atomic mass is 10.1. The number of rotatable bonds is 0. The molecule has 0 aromatic carbocycles. The van der Waals surface area contributed by atoms with Crippen molar-refractivity contribution in [3.05, 3.63) is 7.05 Å². The standard InChI is InChI=1S/C6H9N2/c1-8-3-2-6(4-7)5-8/h6H,1-3,5H2.